The number of aldehydes is 1. The zero-order valence-corrected chi connectivity index (χ0v) is 9.98. The number of hydrogen-bond donors (Lipinski definition) is 0. The predicted octanol–water partition coefficient (Wildman–Crippen LogP) is 3.23. The predicted molar refractivity (Wildman–Crippen MR) is 71.4 cm³/mol. The molecule has 0 radical (unpaired) electrons. The van der Waals surface area contributed by atoms with Crippen LogP contribution >= 0.6 is 0 Å². The molecule has 4 nitrogen and oxygen atoms in total. The molecule has 19 heavy (non-hydrogen) atoms. The highest BCUT2D eigenvalue weighted by Gasteiger charge is 2.01. The number of rotatable bonds is 3. The minimum atomic E-state index is 0.433. The van der Waals surface area contributed by atoms with E-state index in [2.05, 4.69) is 9.97 Å². The Morgan fingerprint density at radius 1 is 1.00 bits per heavy atom. The molecule has 0 N–H and O–H groups in total. The van der Waals surface area contributed by atoms with E-state index >= 15 is 0 Å². The van der Waals surface area contributed by atoms with Gasteiger partial charge in [-0.15, -0.1) is 0 Å². The summed E-state index contributed by atoms with van der Waals surface area (Å²) in [5.74, 6) is 1.05. The molecule has 0 aliphatic heterocycles. The number of carbonyl (C=O) groups is 1. The molecule has 2 heterocycles. The second-order valence-electron chi connectivity index (χ2n) is 4.01. The average Bonchev–Trinajstić information content (AvgIpc) is 2.48. The normalized spacial score (nSPS) is 10.3. The minimum Gasteiger partial charge on any atom is -0.437 e. The molecule has 0 aliphatic carbocycles. The third-order valence-electron chi connectivity index (χ3n) is 2.68. The molecule has 0 aliphatic rings. The zero-order valence-electron chi connectivity index (χ0n) is 9.98. The summed E-state index contributed by atoms with van der Waals surface area (Å²) >= 11 is 0. The van der Waals surface area contributed by atoms with Gasteiger partial charge in [0.1, 0.15) is 5.75 Å². The molecule has 3 aromatic rings. The smallest absolute Gasteiger partial charge is 0.219 e. The van der Waals surface area contributed by atoms with Crippen molar-refractivity contribution in [2.45, 2.75) is 0 Å². The van der Waals surface area contributed by atoms with E-state index in [0.29, 0.717) is 17.2 Å². The molecule has 4 heteroatoms. The molecule has 0 atom stereocenters. The van der Waals surface area contributed by atoms with Crippen molar-refractivity contribution in [3.63, 3.8) is 0 Å². The van der Waals surface area contributed by atoms with Crippen molar-refractivity contribution in [2.24, 2.45) is 0 Å². The number of pyridine rings is 2. The van der Waals surface area contributed by atoms with Crippen LogP contribution in [-0.4, -0.2) is 16.3 Å². The van der Waals surface area contributed by atoms with Crippen molar-refractivity contribution in [1.29, 1.82) is 0 Å². The lowest BCUT2D eigenvalue weighted by atomic mass is 10.2. The largest absolute Gasteiger partial charge is 0.437 e. The molecule has 2 aromatic heterocycles. The first kappa shape index (κ1) is 11.3. The lowest BCUT2D eigenvalue weighted by Gasteiger charge is -2.05. The zero-order chi connectivity index (χ0) is 13.1. The Morgan fingerprint density at radius 2 is 1.89 bits per heavy atom. The maximum absolute atomic E-state index is 10.5. The molecule has 92 valence electrons. The van der Waals surface area contributed by atoms with Crippen molar-refractivity contribution < 1.29 is 9.53 Å². The summed E-state index contributed by atoms with van der Waals surface area (Å²) < 4.78 is 5.60. The van der Waals surface area contributed by atoms with Gasteiger partial charge in [-0.25, -0.2) is 4.98 Å². The second-order valence-corrected chi connectivity index (χ2v) is 4.01. The van der Waals surface area contributed by atoms with Crippen LogP contribution in [0.5, 0.6) is 11.6 Å². The van der Waals surface area contributed by atoms with Gasteiger partial charge >= 0.3 is 0 Å². The third kappa shape index (κ3) is 2.42. The fraction of sp³-hybridized carbons (Fsp3) is 0. The van der Waals surface area contributed by atoms with Gasteiger partial charge in [0.05, 0.1) is 11.7 Å². The molecular weight excluding hydrogens is 240 g/mol. The molecular formula is C15H10N2O2. The Balaban J connectivity index is 1.89. The first-order valence-electron chi connectivity index (χ1n) is 5.79. The molecule has 0 unspecified atom stereocenters. The van der Waals surface area contributed by atoms with Crippen LogP contribution in [0.4, 0.5) is 0 Å². The quantitative estimate of drug-likeness (QED) is 0.669. The SMILES string of the molecule is O=Cc1ccc(Oc2cnc3ccccc3c2)nc1. The standard InChI is InChI=1S/C15H10N2O2/c18-10-11-5-6-15(17-8-11)19-13-7-12-3-1-2-4-14(12)16-9-13/h1-10H. The van der Waals surface area contributed by atoms with E-state index in [4.69, 9.17) is 4.74 Å². The Labute approximate surface area is 109 Å². The number of para-hydroxylation sites is 1. The van der Waals surface area contributed by atoms with Gasteiger partial charge < -0.3 is 4.74 Å². The number of aromatic nitrogens is 2. The van der Waals surface area contributed by atoms with E-state index in [1.165, 1.54) is 6.20 Å². The van der Waals surface area contributed by atoms with Crippen LogP contribution in [0.1, 0.15) is 10.4 Å². The first-order chi connectivity index (χ1) is 9.35. The lowest BCUT2D eigenvalue weighted by molar-refractivity contribution is 0.112. The highest BCUT2D eigenvalue weighted by Crippen LogP contribution is 2.22. The number of fused-ring (bicyclic) bond motifs is 1. The van der Waals surface area contributed by atoms with E-state index in [1.54, 1.807) is 18.3 Å². The summed E-state index contributed by atoms with van der Waals surface area (Å²) in [4.78, 5) is 18.9. The minimum absolute atomic E-state index is 0.433. The number of hydrogen-bond acceptors (Lipinski definition) is 4. The fourth-order valence-electron chi connectivity index (χ4n) is 1.75. The Hall–Kier alpha value is -2.75. The van der Waals surface area contributed by atoms with Crippen LogP contribution in [0.2, 0.25) is 0 Å². The van der Waals surface area contributed by atoms with Gasteiger partial charge in [-0.2, -0.15) is 0 Å². The molecule has 0 bridgehead atoms. The molecule has 0 fully saturated rings. The van der Waals surface area contributed by atoms with Crippen LogP contribution in [-0.2, 0) is 0 Å². The molecule has 0 saturated heterocycles. The van der Waals surface area contributed by atoms with E-state index in [-0.39, 0.29) is 0 Å². The van der Waals surface area contributed by atoms with Crippen molar-refractivity contribution in [2.75, 3.05) is 0 Å². The summed E-state index contributed by atoms with van der Waals surface area (Å²) in [6.07, 6.45) is 3.86. The van der Waals surface area contributed by atoms with Crippen molar-refractivity contribution in [3.8, 4) is 11.6 Å². The average molecular weight is 250 g/mol. The van der Waals surface area contributed by atoms with Crippen LogP contribution in [0.15, 0.2) is 54.9 Å². The first-order valence-corrected chi connectivity index (χ1v) is 5.79. The van der Waals surface area contributed by atoms with Crippen LogP contribution in [0, 0.1) is 0 Å². The number of carbonyl (C=O) groups excluding carboxylic acids is 1. The monoisotopic (exact) mass is 250 g/mol. The summed E-state index contributed by atoms with van der Waals surface area (Å²) in [7, 11) is 0. The molecule has 0 saturated carbocycles. The van der Waals surface area contributed by atoms with Crippen LogP contribution in [0.3, 0.4) is 0 Å². The Kier molecular flexibility index (Phi) is 2.90. The molecule has 1 aromatic carbocycles. The number of ether oxygens (including phenoxy) is 1. The van der Waals surface area contributed by atoms with Gasteiger partial charge in [0.25, 0.3) is 0 Å². The van der Waals surface area contributed by atoms with Crippen LogP contribution < -0.4 is 4.74 Å². The van der Waals surface area contributed by atoms with Gasteiger partial charge in [0.15, 0.2) is 6.29 Å². The van der Waals surface area contributed by atoms with E-state index < -0.39 is 0 Å². The van der Waals surface area contributed by atoms with Crippen molar-refractivity contribution in [1.82, 2.24) is 9.97 Å². The van der Waals surface area contributed by atoms with Crippen molar-refractivity contribution >= 4 is 17.2 Å². The van der Waals surface area contributed by atoms with Gasteiger partial charge in [-0.1, -0.05) is 18.2 Å². The van der Waals surface area contributed by atoms with Gasteiger partial charge in [0, 0.05) is 23.2 Å². The summed E-state index contributed by atoms with van der Waals surface area (Å²) in [5, 5.41) is 1.00. The third-order valence-corrected chi connectivity index (χ3v) is 2.68. The van der Waals surface area contributed by atoms with E-state index in [0.717, 1.165) is 17.2 Å². The number of benzene rings is 1. The van der Waals surface area contributed by atoms with Crippen LogP contribution in [0.25, 0.3) is 10.9 Å². The van der Waals surface area contributed by atoms with Gasteiger partial charge in [0.2, 0.25) is 5.88 Å². The maximum atomic E-state index is 10.5. The van der Waals surface area contributed by atoms with Crippen molar-refractivity contribution in [3.05, 3.63) is 60.4 Å². The second kappa shape index (κ2) is 4.86. The number of nitrogens with zero attached hydrogens (tertiary/aromatic N) is 2. The highest BCUT2D eigenvalue weighted by molar-refractivity contribution is 5.79. The topological polar surface area (TPSA) is 52.1 Å². The summed E-state index contributed by atoms with van der Waals surface area (Å²) in [6.45, 7) is 0. The molecule has 0 spiro atoms. The summed E-state index contributed by atoms with van der Waals surface area (Å²) in [6, 6.07) is 13.0. The lowest BCUT2D eigenvalue weighted by Crippen LogP contribution is -1.90. The Morgan fingerprint density at radius 3 is 2.68 bits per heavy atom. The van der Waals surface area contributed by atoms with E-state index in [1.807, 2.05) is 30.3 Å². The highest BCUT2D eigenvalue weighted by atomic mass is 16.5. The van der Waals surface area contributed by atoms with E-state index in [9.17, 15) is 4.79 Å². The Bertz CT molecular complexity index is 724. The maximum Gasteiger partial charge on any atom is 0.219 e. The van der Waals surface area contributed by atoms with Gasteiger partial charge in [-0.05, 0) is 18.2 Å². The summed E-state index contributed by atoms with van der Waals surface area (Å²) in [5.41, 5.74) is 1.43. The fourth-order valence-corrected chi connectivity index (χ4v) is 1.75. The molecule has 3 rings (SSSR count). The van der Waals surface area contributed by atoms with Gasteiger partial charge in [-0.3, -0.25) is 9.78 Å². The molecule has 0 amide bonds.